The fraction of sp³-hybridized carbons (Fsp3) is 0.650. The van der Waals surface area contributed by atoms with Crippen molar-refractivity contribution in [2.45, 2.75) is 63.8 Å². The van der Waals surface area contributed by atoms with E-state index in [1.165, 1.54) is 0 Å². The van der Waals surface area contributed by atoms with Crippen LogP contribution < -0.4 is 0 Å². The average Bonchev–Trinajstić information content (AvgIpc) is 3.23. The molecule has 31 heavy (non-hydrogen) atoms. The lowest BCUT2D eigenvalue weighted by atomic mass is 9.85. The number of fused-ring (bicyclic) bond motifs is 2. The molecule has 8 nitrogen and oxygen atoms in total. The predicted molar refractivity (Wildman–Crippen MR) is 122 cm³/mol. The van der Waals surface area contributed by atoms with Crippen LogP contribution >= 0.6 is 43.4 Å². The number of piperidine rings is 1. The van der Waals surface area contributed by atoms with E-state index in [0.717, 1.165) is 31.0 Å². The second kappa shape index (κ2) is 9.46. The van der Waals surface area contributed by atoms with Crippen molar-refractivity contribution in [3.8, 4) is 0 Å². The first-order chi connectivity index (χ1) is 14.4. The van der Waals surface area contributed by atoms with Gasteiger partial charge in [-0.2, -0.15) is 0 Å². The first kappa shape index (κ1) is 24.6. The molecule has 0 bridgehead atoms. The number of hydrogen-bond acceptors (Lipinski definition) is 7. The van der Waals surface area contributed by atoms with E-state index >= 15 is 0 Å². The highest BCUT2D eigenvalue weighted by atomic mass is 79.9. The number of nitrogens with zero attached hydrogens (tertiary/aromatic N) is 2. The molecule has 4 heterocycles. The van der Waals surface area contributed by atoms with E-state index in [4.69, 9.17) is 9.47 Å². The van der Waals surface area contributed by atoms with Crippen LogP contribution in [-0.4, -0.2) is 57.1 Å². The lowest BCUT2D eigenvalue weighted by Gasteiger charge is -2.44. The molecule has 2 saturated heterocycles. The molecule has 1 spiro atoms. The van der Waals surface area contributed by atoms with Gasteiger partial charge in [0, 0.05) is 36.4 Å². The second-order valence-electron chi connectivity index (χ2n) is 8.69. The molecule has 0 radical (unpaired) electrons. The van der Waals surface area contributed by atoms with Crippen LogP contribution in [0, 0.1) is 0 Å². The van der Waals surface area contributed by atoms with Crippen molar-refractivity contribution < 1.29 is 29.0 Å². The summed E-state index contributed by atoms with van der Waals surface area (Å²) in [5, 5.41) is 10.1. The summed E-state index contributed by atoms with van der Waals surface area (Å²) in [4.78, 5) is 35.9. The van der Waals surface area contributed by atoms with Gasteiger partial charge < -0.3 is 19.5 Å². The minimum atomic E-state index is -0.568. The number of halogens is 2. The van der Waals surface area contributed by atoms with Crippen molar-refractivity contribution in [1.82, 2.24) is 8.83 Å². The highest BCUT2D eigenvalue weighted by molar-refractivity contribution is 9.11. The topological polar surface area (TPSA) is 96.4 Å². The van der Waals surface area contributed by atoms with Gasteiger partial charge in [-0.3, -0.25) is 9.59 Å². The molecule has 1 atom stereocenters. The van der Waals surface area contributed by atoms with Crippen molar-refractivity contribution in [2.24, 2.45) is 0 Å². The number of amides is 3. The molecule has 1 N–H and O–H groups in total. The molecule has 0 aliphatic carbocycles. The Kier molecular flexibility index (Phi) is 7.52. The molecule has 172 valence electrons. The van der Waals surface area contributed by atoms with Crippen molar-refractivity contribution in [1.29, 1.82) is 0 Å². The number of aliphatic hydroxyl groups is 1. The van der Waals surface area contributed by atoms with Gasteiger partial charge in [-0.05, 0) is 55.6 Å². The van der Waals surface area contributed by atoms with Gasteiger partial charge in [0.2, 0.25) is 11.8 Å². The average molecular weight is 582 g/mol. The predicted octanol–water partition coefficient (Wildman–Crippen LogP) is 4.25. The second-order valence-corrected chi connectivity index (χ2v) is 11.8. The van der Waals surface area contributed by atoms with Gasteiger partial charge in [0.25, 0.3) is 0 Å². The highest BCUT2D eigenvalue weighted by Gasteiger charge is 2.45. The lowest BCUT2D eigenvalue weighted by Crippen LogP contribution is -2.49. The number of hydrogen-bond donors (Lipinski definition) is 1. The van der Waals surface area contributed by atoms with Crippen LogP contribution in [0.5, 0.6) is 0 Å². The lowest BCUT2D eigenvalue weighted by molar-refractivity contribution is -0.131. The van der Waals surface area contributed by atoms with Gasteiger partial charge >= 0.3 is 6.09 Å². The van der Waals surface area contributed by atoms with Gasteiger partial charge in [0.1, 0.15) is 17.3 Å². The molecule has 3 amide bonds. The van der Waals surface area contributed by atoms with Crippen molar-refractivity contribution in [2.75, 3.05) is 19.7 Å². The number of carbonyl (C=O) groups is 3. The van der Waals surface area contributed by atoms with Gasteiger partial charge in [-0.15, -0.1) is 11.3 Å². The van der Waals surface area contributed by atoms with Crippen LogP contribution in [0.2, 0.25) is 0 Å². The normalized spacial score (nSPS) is 22.8. The van der Waals surface area contributed by atoms with E-state index in [9.17, 15) is 19.5 Å². The zero-order valence-corrected chi connectivity index (χ0v) is 21.6. The number of carbonyl (C=O) groups excluding carboxylic acids is 3. The fourth-order valence-electron chi connectivity index (χ4n) is 3.67. The van der Waals surface area contributed by atoms with E-state index < -0.39 is 11.7 Å². The van der Waals surface area contributed by atoms with E-state index in [-0.39, 0.29) is 23.5 Å². The smallest absolute Gasteiger partial charge is 0.410 e. The van der Waals surface area contributed by atoms with Crippen LogP contribution in [0.25, 0.3) is 0 Å². The largest absolute Gasteiger partial charge is 0.444 e. The minimum absolute atomic E-state index is 0.144. The summed E-state index contributed by atoms with van der Waals surface area (Å²) in [5.41, 5.74) is 0.0894. The van der Waals surface area contributed by atoms with E-state index in [1.807, 2.05) is 26.8 Å². The number of thiophene rings is 1. The quantitative estimate of drug-likeness (QED) is 0.363. The van der Waals surface area contributed by atoms with Crippen LogP contribution in [0.3, 0.4) is 0 Å². The third-order valence-corrected chi connectivity index (χ3v) is 7.86. The summed E-state index contributed by atoms with van der Waals surface area (Å²) in [6.45, 7) is 7.12. The van der Waals surface area contributed by atoms with E-state index in [1.54, 1.807) is 16.2 Å². The standard InChI is InChI=1S/C16H22BrNO4S.C4H4BrNO2/c1-15(2,3)22-14(20)18-6-4-16(5-7-18)13-10(8-12(17)23-13)11(19)9-21-16;5-6-3(7)1-2-4(6)8/h8,11,19H,4-7,9H2,1-3H3;1-2H2. The summed E-state index contributed by atoms with van der Waals surface area (Å²) in [7, 11) is 0. The first-order valence-electron chi connectivity index (χ1n) is 10.0. The van der Waals surface area contributed by atoms with E-state index in [0.29, 0.717) is 32.5 Å². The van der Waals surface area contributed by atoms with Gasteiger partial charge in [-0.25, -0.2) is 8.72 Å². The molecule has 0 saturated carbocycles. The van der Waals surface area contributed by atoms with Crippen molar-refractivity contribution in [3.63, 3.8) is 0 Å². The number of ether oxygens (including phenoxy) is 2. The van der Waals surface area contributed by atoms with Gasteiger partial charge in [-0.1, -0.05) is 0 Å². The molecule has 1 aromatic heterocycles. The Hall–Kier alpha value is -1.01. The minimum Gasteiger partial charge on any atom is -0.444 e. The Labute approximate surface area is 202 Å². The summed E-state index contributed by atoms with van der Waals surface area (Å²) < 4.78 is 13.5. The molecule has 2 fully saturated rings. The van der Waals surface area contributed by atoms with Crippen LogP contribution in [0.4, 0.5) is 4.79 Å². The summed E-state index contributed by atoms with van der Waals surface area (Å²) >= 11 is 7.92. The van der Waals surface area contributed by atoms with Crippen LogP contribution in [0.15, 0.2) is 9.85 Å². The number of rotatable bonds is 0. The number of likely N-dealkylation sites (tertiary alicyclic amines) is 1. The molecule has 0 aromatic carbocycles. The summed E-state index contributed by atoms with van der Waals surface area (Å²) in [5.74, 6) is -0.287. The Morgan fingerprint density at radius 1 is 1.26 bits per heavy atom. The molecular weight excluding hydrogens is 556 g/mol. The molecule has 4 rings (SSSR count). The maximum atomic E-state index is 12.2. The summed E-state index contributed by atoms with van der Waals surface area (Å²) in [6, 6.07) is 1.98. The van der Waals surface area contributed by atoms with Crippen LogP contribution in [-0.2, 0) is 24.7 Å². The van der Waals surface area contributed by atoms with Crippen molar-refractivity contribution in [3.05, 3.63) is 20.3 Å². The zero-order valence-electron chi connectivity index (χ0n) is 17.7. The highest BCUT2D eigenvalue weighted by Crippen LogP contribution is 2.49. The maximum Gasteiger partial charge on any atom is 0.410 e. The maximum absolute atomic E-state index is 12.2. The monoisotopic (exact) mass is 580 g/mol. The Morgan fingerprint density at radius 2 is 1.84 bits per heavy atom. The Morgan fingerprint density at radius 3 is 2.32 bits per heavy atom. The third-order valence-electron chi connectivity index (χ3n) is 5.23. The third kappa shape index (κ3) is 5.68. The zero-order chi connectivity index (χ0) is 23.0. The summed E-state index contributed by atoms with van der Waals surface area (Å²) in [6.07, 6.45) is 1.31. The Balaban J connectivity index is 0.000000287. The molecule has 3 aliphatic rings. The first-order valence-corrected chi connectivity index (χ1v) is 12.3. The molecule has 3 aliphatic heterocycles. The van der Waals surface area contributed by atoms with Crippen molar-refractivity contribution >= 4 is 61.3 Å². The molecule has 1 unspecified atom stereocenters. The molecule has 1 aromatic rings. The number of imide groups is 1. The SMILES string of the molecule is CC(C)(C)OC(=O)N1CCC2(CC1)OCC(O)c1cc(Br)sc12.O=C1CCC(=O)N1Br. The van der Waals surface area contributed by atoms with Gasteiger partial charge in [0.05, 0.1) is 26.5 Å². The Bertz CT molecular complexity index is 844. The van der Waals surface area contributed by atoms with Gasteiger partial charge in [0.15, 0.2) is 0 Å². The van der Waals surface area contributed by atoms with Crippen LogP contribution in [0.1, 0.15) is 63.0 Å². The van der Waals surface area contributed by atoms with E-state index in [2.05, 4.69) is 32.1 Å². The molecular formula is C20H26Br2N2O6S. The number of aliphatic hydroxyl groups excluding tert-OH is 1. The fourth-order valence-corrected chi connectivity index (χ4v) is 5.90. The molecule has 11 heteroatoms.